The van der Waals surface area contributed by atoms with E-state index in [4.69, 9.17) is 5.21 Å². The van der Waals surface area contributed by atoms with E-state index in [-0.39, 0.29) is 34.3 Å². The van der Waals surface area contributed by atoms with E-state index >= 15 is 0 Å². The summed E-state index contributed by atoms with van der Waals surface area (Å²) in [6.45, 7) is 3.11. The SMILES string of the molecule is CC(=O)SC1CCN(C(C(=O)C2CC2)c2ccccc2F)CC1=Cc1cn(CCCCC(=O)NO)nn1. The molecular weight excluding hydrogens is 497 g/mol. The Kier molecular flexibility index (Phi) is 9.23. The molecule has 0 spiro atoms. The van der Waals surface area contributed by atoms with Crippen molar-refractivity contribution in [1.29, 1.82) is 0 Å². The summed E-state index contributed by atoms with van der Waals surface area (Å²) in [5.41, 5.74) is 3.60. The summed E-state index contributed by atoms with van der Waals surface area (Å²) in [4.78, 5) is 38.5. The number of rotatable bonds is 11. The third-order valence-corrected chi connectivity index (χ3v) is 7.81. The van der Waals surface area contributed by atoms with E-state index in [2.05, 4.69) is 10.3 Å². The van der Waals surface area contributed by atoms with E-state index in [1.54, 1.807) is 41.5 Å². The Labute approximate surface area is 219 Å². The van der Waals surface area contributed by atoms with Gasteiger partial charge in [-0.25, -0.2) is 9.87 Å². The first-order valence-electron chi connectivity index (χ1n) is 12.6. The number of hydrogen-bond acceptors (Lipinski definition) is 8. The van der Waals surface area contributed by atoms with Crippen LogP contribution in [0.2, 0.25) is 0 Å². The maximum absolute atomic E-state index is 14.8. The number of aromatic nitrogens is 3. The van der Waals surface area contributed by atoms with Crippen molar-refractivity contribution in [2.45, 2.75) is 63.3 Å². The number of piperidine rings is 1. The van der Waals surface area contributed by atoms with Crippen LogP contribution >= 0.6 is 11.8 Å². The number of benzene rings is 1. The molecule has 0 radical (unpaired) electrons. The fourth-order valence-corrected chi connectivity index (χ4v) is 5.61. The van der Waals surface area contributed by atoms with E-state index in [1.807, 2.05) is 11.0 Å². The summed E-state index contributed by atoms with van der Waals surface area (Å²) >= 11 is 1.26. The summed E-state index contributed by atoms with van der Waals surface area (Å²) in [5.74, 6) is -0.770. The Hall–Kier alpha value is -2.89. The molecule has 1 saturated carbocycles. The lowest BCUT2D eigenvalue weighted by Crippen LogP contribution is -2.43. The number of carbonyl (C=O) groups excluding carboxylic acids is 3. The highest BCUT2D eigenvalue weighted by atomic mass is 32.2. The molecule has 2 fully saturated rings. The minimum Gasteiger partial charge on any atom is -0.297 e. The summed E-state index contributed by atoms with van der Waals surface area (Å²) in [5, 5.41) is 16.9. The molecule has 2 aliphatic rings. The maximum Gasteiger partial charge on any atom is 0.243 e. The summed E-state index contributed by atoms with van der Waals surface area (Å²) < 4.78 is 16.5. The van der Waals surface area contributed by atoms with Crippen molar-refractivity contribution >= 4 is 34.6 Å². The zero-order valence-corrected chi connectivity index (χ0v) is 21.6. The number of likely N-dealkylation sites (tertiary alicyclic amines) is 1. The molecule has 11 heteroatoms. The number of amides is 1. The molecule has 1 aromatic heterocycles. The number of aryl methyl sites for hydroxylation is 1. The van der Waals surface area contributed by atoms with Crippen molar-refractivity contribution in [3.05, 3.63) is 53.1 Å². The molecule has 2 aromatic rings. The number of hydroxylamine groups is 1. The third kappa shape index (κ3) is 7.33. The van der Waals surface area contributed by atoms with E-state index in [0.29, 0.717) is 50.2 Å². The maximum atomic E-state index is 14.8. The van der Waals surface area contributed by atoms with Gasteiger partial charge in [-0.2, -0.15) is 0 Å². The Bertz CT molecular complexity index is 1170. The van der Waals surface area contributed by atoms with Gasteiger partial charge < -0.3 is 0 Å². The van der Waals surface area contributed by atoms with E-state index in [9.17, 15) is 18.8 Å². The van der Waals surface area contributed by atoms with E-state index < -0.39 is 11.9 Å². The average molecular weight is 530 g/mol. The Morgan fingerprint density at radius 3 is 2.73 bits per heavy atom. The van der Waals surface area contributed by atoms with E-state index in [0.717, 1.165) is 18.4 Å². The predicted octanol–water partition coefficient (Wildman–Crippen LogP) is 3.55. The van der Waals surface area contributed by atoms with Crippen LogP contribution in [0, 0.1) is 11.7 Å². The zero-order valence-electron chi connectivity index (χ0n) is 20.8. The van der Waals surface area contributed by atoms with E-state index in [1.165, 1.54) is 17.8 Å². The number of halogens is 1. The molecule has 2 atom stereocenters. The average Bonchev–Trinajstić information content (AvgIpc) is 3.64. The van der Waals surface area contributed by atoms with Gasteiger partial charge in [0.1, 0.15) is 11.5 Å². The quantitative estimate of drug-likeness (QED) is 0.258. The molecule has 4 rings (SSSR count). The zero-order chi connectivity index (χ0) is 26.4. The molecule has 1 aromatic carbocycles. The third-order valence-electron chi connectivity index (χ3n) is 6.66. The molecular formula is C26H32FN5O4S. The molecule has 37 heavy (non-hydrogen) atoms. The van der Waals surface area contributed by atoms with Crippen molar-refractivity contribution in [2.75, 3.05) is 13.1 Å². The van der Waals surface area contributed by atoms with Gasteiger partial charge in [-0.15, -0.1) is 5.10 Å². The van der Waals surface area contributed by atoms with Gasteiger partial charge in [0, 0.05) is 49.7 Å². The fourth-order valence-electron chi connectivity index (χ4n) is 4.69. The monoisotopic (exact) mass is 529 g/mol. The van der Waals surface area contributed by atoms with Crippen LogP contribution in [0.5, 0.6) is 0 Å². The van der Waals surface area contributed by atoms with Gasteiger partial charge in [0.05, 0.1) is 12.2 Å². The van der Waals surface area contributed by atoms with Crippen LogP contribution in [0.4, 0.5) is 4.39 Å². The molecule has 9 nitrogen and oxygen atoms in total. The topological polar surface area (TPSA) is 117 Å². The minimum atomic E-state index is -0.660. The minimum absolute atomic E-state index is 0.0135. The number of ketones is 1. The van der Waals surface area contributed by atoms with Crippen LogP contribution in [0.3, 0.4) is 0 Å². The highest BCUT2D eigenvalue weighted by molar-refractivity contribution is 8.14. The predicted molar refractivity (Wildman–Crippen MR) is 137 cm³/mol. The van der Waals surface area contributed by atoms with Gasteiger partial charge >= 0.3 is 0 Å². The number of nitrogens with one attached hydrogen (secondary N) is 1. The van der Waals surface area contributed by atoms with Crippen LogP contribution in [0.1, 0.15) is 62.7 Å². The lowest BCUT2D eigenvalue weighted by molar-refractivity contribution is -0.129. The van der Waals surface area contributed by atoms with Crippen LogP contribution < -0.4 is 5.48 Å². The Balaban J connectivity index is 1.53. The highest BCUT2D eigenvalue weighted by Gasteiger charge is 2.41. The number of hydrogen-bond donors (Lipinski definition) is 2. The second kappa shape index (κ2) is 12.6. The summed E-state index contributed by atoms with van der Waals surface area (Å²) in [7, 11) is 0. The van der Waals surface area contributed by atoms with Gasteiger partial charge in [-0.3, -0.25) is 29.2 Å². The lowest BCUT2D eigenvalue weighted by Gasteiger charge is -2.38. The molecule has 2 N–H and O–H groups in total. The Morgan fingerprint density at radius 2 is 2.03 bits per heavy atom. The van der Waals surface area contributed by atoms with Crippen LogP contribution in [0.25, 0.3) is 6.08 Å². The fraction of sp³-hybridized carbons (Fsp3) is 0.500. The van der Waals surface area contributed by atoms with Crippen molar-refractivity contribution in [3.63, 3.8) is 0 Å². The molecule has 1 aliphatic carbocycles. The lowest BCUT2D eigenvalue weighted by atomic mass is 9.93. The number of unbranched alkanes of at least 4 members (excludes halogenated alkanes) is 1. The second-order valence-electron chi connectivity index (χ2n) is 9.58. The molecule has 198 valence electrons. The van der Waals surface area contributed by atoms with Gasteiger partial charge in [0.15, 0.2) is 10.9 Å². The van der Waals surface area contributed by atoms with Crippen molar-refractivity contribution in [1.82, 2.24) is 25.4 Å². The number of Topliss-reactive ketones (excluding diaryl/α,β-unsaturated/α-hetero) is 1. The normalized spacial score (nSPS) is 20.1. The van der Waals surface area contributed by atoms with Crippen molar-refractivity contribution in [3.8, 4) is 0 Å². The van der Waals surface area contributed by atoms with Crippen molar-refractivity contribution < 1.29 is 24.0 Å². The van der Waals surface area contributed by atoms with Gasteiger partial charge in [-0.1, -0.05) is 35.2 Å². The van der Waals surface area contributed by atoms with Gasteiger partial charge in [-0.05, 0) is 49.8 Å². The van der Waals surface area contributed by atoms with Crippen LogP contribution in [0.15, 0.2) is 36.0 Å². The Morgan fingerprint density at radius 1 is 1.24 bits per heavy atom. The number of nitrogens with zero attached hydrogens (tertiary/aromatic N) is 4. The van der Waals surface area contributed by atoms with Crippen LogP contribution in [-0.2, 0) is 20.9 Å². The number of thioether (sulfide) groups is 1. The molecule has 0 bridgehead atoms. The molecule has 2 heterocycles. The van der Waals surface area contributed by atoms with Crippen LogP contribution in [-0.4, -0.2) is 60.2 Å². The second-order valence-corrected chi connectivity index (χ2v) is 11.0. The smallest absolute Gasteiger partial charge is 0.243 e. The molecule has 1 aliphatic heterocycles. The first-order chi connectivity index (χ1) is 17.9. The van der Waals surface area contributed by atoms with Gasteiger partial charge in [0.25, 0.3) is 0 Å². The first-order valence-corrected chi connectivity index (χ1v) is 13.5. The first kappa shape index (κ1) is 27.2. The summed E-state index contributed by atoms with van der Waals surface area (Å²) in [6, 6.07) is 5.81. The van der Waals surface area contributed by atoms with Crippen molar-refractivity contribution in [2.24, 2.45) is 5.92 Å². The van der Waals surface area contributed by atoms with Gasteiger partial charge in [0.2, 0.25) is 5.91 Å². The molecule has 2 unspecified atom stereocenters. The largest absolute Gasteiger partial charge is 0.297 e. The molecule has 1 saturated heterocycles. The molecule has 1 amide bonds. The standard InChI is InChI=1S/C26H32FN5O4S/c1-17(33)37-23-11-13-31(25(26(35)18-9-10-18)21-6-2-3-7-22(21)27)15-19(23)14-20-16-32(30-28-20)12-5-4-8-24(34)29-36/h2-3,6-7,14,16,18,23,25,36H,4-5,8-13,15H2,1H3,(H,29,34). The summed E-state index contributed by atoms with van der Waals surface area (Å²) in [6.07, 6.45) is 7.57. The highest BCUT2D eigenvalue weighted by Crippen LogP contribution is 2.40. The number of carbonyl (C=O) groups is 3.